The van der Waals surface area contributed by atoms with Crippen LogP contribution in [0.25, 0.3) is 10.9 Å². The van der Waals surface area contributed by atoms with Crippen LogP contribution in [0.5, 0.6) is 0 Å². The first-order chi connectivity index (χ1) is 13.2. The molecule has 5 nitrogen and oxygen atoms in total. The monoisotopic (exact) mass is 364 g/mol. The van der Waals surface area contributed by atoms with E-state index in [-0.39, 0.29) is 18.2 Å². The summed E-state index contributed by atoms with van der Waals surface area (Å²) >= 11 is 0. The lowest BCUT2D eigenvalue weighted by Crippen LogP contribution is -2.22. The van der Waals surface area contributed by atoms with Crippen LogP contribution in [0.3, 0.4) is 0 Å². The van der Waals surface area contributed by atoms with Gasteiger partial charge in [-0.3, -0.25) is 14.9 Å². The summed E-state index contributed by atoms with van der Waals surface area (Å²) in [7, 11) is 0. The first-order valence-electron chi connectivity index (χ1n) is 8.77. The van der Waals surface area contributed by atoms with Gasteiger partial charge in [0, 0.05) is 48.4 Å². The molecule has 0 saturated carbocycles. The minimum Gasteiger partial charge on any atom is -0.348 e. The van der Waals surface area contributed by atoms with E-state index in [1.165, 1.54) is 6.08 Å². The molecular formula is C21H21FN4O. The Bertz CT molecular complexity index is 976. The number of carbonyl (C=O) groups is 1. The van der Waals surface area contributed by atoms with E-state index in [4.69, 9.17) is 0 Å². The number of amides is 1. The van der Waals surface area contributed by atoms with Crippen LogP contribution in [0.2, 0.25) is 0 Å². The number of carbonyl (C=O) groups excluding carboxylic acids is 1. The number of halogens is 1. The van der Waals surface area contributed by atoms with Gasteiger partial charge in [-0.15, -0.1) is 0 Å². The quantitative estimate of drug-likeness (QED) is 0.616. The summed E-state index contributed by atoms with van der Waals surface area (Å²) in [6.07, 6.45) is 9.42. The number of H-pyrrole nitrogens is 1. The van der Waals surface area contributed by atoms with E-state index >= 15 is 0 Å². The molecule has 0 atom stereocenters. The van der Waals surface area contributed by atoms with Gasteiger partial charge in [-0.05, 0) is 36.8 Å². The van der Waals surface area contributed by atoms with Crippen molar-refractivity contribution < 1.29 is 9.18 Å². The minimum atomic E-state index is -0.159. The lowest BCUT2D eigenvalue weighted by Gasteiger charge is -2.05. The summed E-state index contributed by atoms with van der Waals surface area (Å²) < 4.78 is 13.1. The number of benzene rings is 1. The van der Waals surface area contributed by atoms with Crippen LogP contribution < -0.4 is 5.32 Å². The van der Waals surface area contributed by atoms with Crippen LogP contribution in [0.4, 0.5) is 4.39 Å². The molecule has 0 radical (unpaired) electrons. The highest BCUT2D eigenvalue weighted by Crippen LogP contribution is 2.19. The first-order valence-corrected chi connectivity index (χ1v) is 8.77. The van der Waals surface area contributed by atoms with E-state index in [1.807, 2.05) is 30.3 Å². The van der Waals surface area contributed by atoms with E-state index in [1.54, 1.807) is 31.5 Å². The molecule has 2 aromatic heterocycles. The molecule has 0 fully saturated rings. The van der Waals surface area contributed by atoms with Gasteiger partial charge in [0.05, 0.1) is 11.3 Å². The summed E-state index contributed by atoms with van der Waals surface area (Å²) in [4.78, 5) is 16.5. The number of pyridine rings is 1. The summed E-state index contributed by atoms with van der Waals surface area (Å²) in [5.41, 5.74) is 3.19. The molecule has 3 rings (SSSR count). The molecule has 0 unspecified atom stereocenters. The molecule has 2 N–H and O–H groups in total. The second-order valence-corrected chi connectivity index (χ2v) is 6.09. The minimum absolute atomic E-state index is 0.154. The molecule has 138 valence electrons. The van der Waals surface area contributed by atoms with Crippen LogP contribution in [0.1, 0.15) is 35.0 Å². The van der Waals surface area contributed by atoms with Gasteiger partial charge in [-0.25, -0.2) is 4.39 Å². The molecule has 0 aliphatic carbocycles. The summed E-state index contributed by atoms with van der Waals surface area (Å²) in [6, 6.07) is 9.14. The first kappa shape index (κ1) is 18.5. The molecular weight excluding hydrogens is 343 g/mol. The number of nitrogens with zero attached hydrogens (tertiary/aromatic N) is 2. The fourth-order valence-electron chi connectivity index (χ4n) is 2.66. The summed E-state index contributed by atoms with van der Waals surface area (Å²) in [5, 5.41) is 11.0. The normalized spacial score (nSPS) is 12.0. The SMILES string of the molecule is C/C=C(/F)C/C=C\Cc1[nH]nc2ccc(C(=O)NCc3cccnc3)cc12. The topological polar surface area (TPSA) is 70.7 Å². The number of fused-ring (bicyclic) bond motifs is 1. The average molecular weight is 364 g/mol. The zero-order valence-electron chi connectivity index (χ0n) is 15.1. The predicted octanol–water partition coefficient (Wildman–Crippen LogP) is 4.25. The van der Waals surface area contributed by atoms with Crippen LogP contribution >= 0.6 is 0 Å². The average Bonchev–Trinajstić information content (AvgIpc) is 3.12. The van der Waals surface area contributed by atoms with Crippen molar-refractivity contribution in [2.75, 3.05) is 0 Å². The van der Waals surface area contributed by atoms with Crippen molar-refractivity contribution >= 4 is 16.8 Å². The molecule has 1 amide bonds. The largest absolute Gasteiger partial charge is 0.348 e. The van der Waals surface area contributed by atoms with E-state index in [9.17, 15) is 9.18 Å². The third kappa shape index (κ3) is 4.88. The highest BCUT2D eigenvalue weighted by molar-refractivity contribution is 5.98. The molecule has 0 bridgehead atoms. The fraction of sp³-hybridized carbons (Fsp3) is 0.190. The predicted molar refractivity (Wildman–Crippen MR) is 104 cm³/mol. The van der Waals surface area contributed by atoms with Crippen molar-refractivity contribution in [3.8, 4) is 0 Å². The van der Waals surface area contributed by atoms with Gasteiger partial charge in [0.25, 0.3) is 5.91 Å². The smallest absolute Gasteiger partial charge is 0.251 e. The number of hydrogen-bond acceptors (Lipinski definition) is 3. The third-order valence-electron chi connectivity index (χ3n) is 4.19. The van der Waals surface area contributed by atoms with Crippen molar-refractivity contribution in [1.29, 1.82) is 0 Å². The highest BCUT2D eigenvalue weighted by atomic mass is 19.1. The molecule has 0 spiro atoms. The Morgan fingerprint density at radius 1 is 1.30 bits per heavy atom. The molecule has 3 aromatic rings. The molecule has 27 heavy (non-hydrogen) atoms. The molecule has 2 heterocycles. The van der Waals surface area contributed by atoms with E-state index in [0.29, 0.717) is 18.5 Å². The number of aromatic nitrogens is 3. The lowest BCUT2D eigenvalue weighted by molar-refractivity contribution is 0.0951. The van der Waals surface area contributed by atoms with E-state index in [2.05, 4.69) is 20.5 Å². The van der Waals surface area contributed by atoms with Gasteiger partial charge in [0.1, 0.15) is 0 Å². The Labute approximate surface area is 157 Å². The second-order valence-electron chi connectivity index (χ2n) is 6.09. The zero-order valence-corrected chi connectivity index (χ0v) is 15.1. The van der Waals surface area contributed by atoms with E-state index < -0.39 is 0 Å². The van der Waals surface area contributed by atoms with Gasteiger partial charge in [-0.2, -0.15) is 5.10 Å². The standard InChI is InChI=1S/C21H21FN4O/c1-2-17(22)7-3-4-8-19-18-12-16(9-10-20(18)26-25-19)21(27)24-14-15-6-5-11-23-13-15/h2-6,9-13H,7-8,14H2,1H3,(H,24,27)(H,25,26)/b4-3-,17-2+. The fourth-order valence-corrected chi connectivity index (χ4v) is 2.66. The lowest BCUT2D eigenvalue weighted by atomic mass is 10.1. The Balaban J connectivity index is 1.69. The second kappa shape index (κ2) is 8.89. The van der Waals surface area contributed by atoms with Gasteiger partial charge in [-0.1, -0.05) is 24.3 Å². The maximum atomic E-state index is 13.1. The van der Waals surface area contributed by atoms with Crippen molar-refractivity contribution in [1.82, 2.24) is 20.5 Å². The number of hydrogen-bond donors (Lipinski definition) is 2. The number of rotatable bonds is 7. The van der Waals surface area contributed by atoms with Crippen molar-refractivity contribution in [2.45, 2.75) is 26.3 Å². The van der Waals surface area contributed by atoms with Crippen molar-refractivity contribution in [3.63, 3.8) is 0 Å². The number of allylic oxidation sites excluding steroid dienone is 4. The van der Waals surface area contributed by atoms with Crippen molar-refractivity contribution in [3.05, 3.63) is 83.6 Å². The van der Waals surface area contributed by atoms with Gasteiger partial charge < -0.3 is 5.32 Å². The number of nitrogens with one attached hydrogen (secondary N) is 2. The van der Waals surface area contributed by atoms with E-state index in [0.717, 1.165) is 22.2 Å². The van der Waals surface area contributed by atoms with Crippen LogP contribution in [-0.2, 0) is 13.0 Å². The Hall–Kier alpha value is -3.28. The molecule has 1 aromatic carbocycles. The molecule has 0 saturated heterocycles. The van der Waals surface area contributed by atoms with Gasteiger partial charge in [0.15, 0.2) is 0 Å². The molecule has 0 aliphatic rings. The van der Waals surface area contributed by atoms with Crippen LogP contribution in [0.15, 0.2) is 66.8 Å². The van der Waals surface area contributed by atoms with Crippen molar-refractivity contribution in [2.24, 2.45) is 0 Å². The summed E-state index contributed by atoms with van der Waals surface area (Å²) in [5.74, 6) is -0.313. The molecule has 0 aliphatic heterocycles. The van der Waals surface area contributed by atoms with Crippen LogP contribution in [0, 0.1) is 0 Å². The third-order valence-corrected chi connectivity index (χ3v) is 4.19. The highest BCUT2D eigenvalue weighted by Gasteiger charge is 2.10. The Morgan fingerprint density at radius 3 is 2.96 bits per heavy atom. The maximum Gasteiger partial charge on any atom is 0.251 e. The molecule has 6 heteroatoms. The summed E-state index contributed by atoms with van der Waals surface area (Å²) in [6.45, 7) is 2.09. The Kier molecular flexibility index (Phi) is 6.10. The van der Waals surface area contributed by atoms with Gasteiger partial charge in [0.2, 0.25) is 0 Å². The Morgan fingerprint density at radius 2 is 2.19 bits per heavy atom. The number of aromatic amines is 1. The zero-order chi connectivity index (χ0) is 19.1. The van der Waals surface area contributed by atoms with Gasteiger partial charge >= 0.3 is 0 Å². The maximum absolute atomic E-state index is 13.1. The van der Waals surface area contributed by atoms with Crippen LogP contribution in [-0.4, -0.2) is 21.1 Å².